The summed E-state index contributed by atoms with van der Waals surface area (Å²) in [4.78, 5) is 3.62. The molecule has 0 aromatic rings. The van der Waals surface area contributed by atoms with Crippen LogP contribution in [0.2, 0.25) is 0 Å². The van der Waals surface area contributed by atoms with Crippen molar-refractivity contribution in [3.05, 3.63) is 10.2 Å². The van der Waals surface area contributed by atoms with Crippen molar-refractivity contribution in [2.24, 2.45) is 4.99 Å². The first-order chi connectivity index (χ1) is 6.18. The summed E-state index contributed by atoms with van der Waals surface area (Å²) in [6.45, 7) is 0. The zero-order chi connectivity index (χ0) is 11.1. The van der Waals surface area contributed by atoms with Gasteiger partial charge in [-0.05, 0) is 0 Å². The Hall–Kier alpha value is 0.520. The fourth-order valence-corrected chi connectivity index (χ4v) is 3.32. The van der Waals surface area contributed by atoms with Crippen LogP contribution in [0.5, 0.6) is 0 Å². The largest absolute Gasteiger partial charge is 0.227 e. The number of hydrogen-bond acceptors (Lipinski definition) is 3. The Balaban J connectivity index is 3.38. The SMILES string of the molecule is CS(=O)(=O)C1(Cl)CC(Cl)=NC(Cl)=C1Cl. The topological polar surface area (TPSA) is 46.5 Å². The lowest BCUT2D eigenvalue weighted by atomic mass is 10.2. The van der Waals surface area contributed by atoms with E-state index in [1.807, 2.05) is 0 Å². The number of nitrogens with zero attached hydrogens (tertiary/aromatic N) is 1. The third-order valence-corrected chi connectivity index (χ3v) is 5.68. The van der Waals surface area contributed by atoms with Crippen molar-refractivity contribution in [3.63, 3.8) is 0 Å². The van der Waals surface area contributed by atoms with E-state index < -0.39 is 14.0 Å². The van der Waals surface area contributed by atoms with Crippen molar-refractivity contribution in [2.45, 2.75) is 10.6 Å². The molecule has 1 aliphatic rings. The molecule has 80 valence electrons. The number of rotatable bonds is 1. The van der Waals surface area contributed by atoms with E-state index in [-0.39, 0.29) is 21.8 Å². The molecule has 0 saturated carbocycles. The van der Waals surface area contributed by atoms with Gasteiger partial charge in [0.2, 0.25) is 0 Å². The summed E-state index contributed by atoms with van der Waals surface area (Å²) in [5.41, 5.74) is 0. The molecule has 0 radical (unpaired) electrons. The fraction of sp³-hybridized carbons (Fsp3) is 0.500. The molecule has 1 heterocycles. The minimum Gasteiger partial charge on any atom is -0.227 e. The molecular weight excluding hydrogens is 292 g/mol. The van der Waals surface area contributed by atoms with Crippen LogP contribution in [0, 0.1) is 0 Å². The summed E-state index contributed by atoms with van der Waals surface area (Å²) in [5.74, 6) is 0. The highest BCUT2D eigenvalue weighted by Gasteiger charge is 2.46. The second-order valence-corrected chi connectivity index (χ2v) is 7.05. The Labute approximate surface area is 102 Å². The van der Waals surface area contributed by atoms with Crippen LogP contribution < -0.4 is 0 Å². The first-order valence-electron chi connectivity index (χ1n) is 3.36. The van der Waals surface area contributed by atoms with Crippen LogP contribution in [0.4, 0.5) is 0 Å². The van der Waals surface area contributed by atoms with Crippen molar-refractivity contribution >= 4 is 61.4 Å². The van der Waals surface area contributed by atoms with Gasteiger partial charge in [-0.15, -0.1) is 0 Å². The maximum atomic E-state index is 11.4. The van der Waals surface area contributed by atoms with E-state index in [0.29, 0.717) is 0 Å². The molecule has 1 atom stereocenters. The maximum absolute atomic E-state index is 11.4. The van der Waals surface area contributed by atoms with Crippen LogP contribution in [0.25, 0.3) is 0 Å². The van der Waals surface area contributed by atoms with Crippen LogP contribution in [0.15, 0.2) is 15.2 Å². The van der Waals surface area contributed by atoms with E-state index in [4.69, 9.17) is 46.4 Å². The number of halogens is 4. The lowest BCUT2D eigenvalue weighted by molar-refractivity contribution is 0.588. The van der Waals surface area contributed by atoms with Gasteiger partial charge in [0.25, 0.3) is 0 Å². The smallest absolute Gasteiger partial charge is 0.190 e. The van der Waals surface area contributed by atoms with Gasteiger partial charge in [-0.2, -0.15) is 0 Å². The molecule has 0 aliphatic carbocycles. The third-order valence-electron chi connectivity index (χ3n) is 1.69. The molecule has 1 unspecified atom stereocenters. The maximum Gasteiger partial charge on any atom is 0.190 e. The number of hydrogen-bond donors (Lipinski definition) is 0. The second-order valence-electron chi connectivity index (χ2n) is 2.77. The molecule has 0 aromatic heterocycles. The predicted molar refractivity (Wildman–Crippen MR) is 60.1 cm³/mol. The Bertz CT molecular complexity index is 427. The van der Waals surface area contributed by atoms with E-state index in [1.54, 1.807) is 0 Å². The third kappa shape index (κ3) is 2.04. The average molecular weight is 297 g/mol. The molecule has 0 spiro atoms. The predicted octanol–water partition coefficient (Wildman–Crippen LogP) is 2.65. The van der Waals surface area contributed by atoms with Gasteiger partial charge in [-0.25, -0.2) is 13.4 Å². The highest BCUT2D eigenvalue weighted by molar-refractivity contribution is 7.93. The van der Waals surface area contributed by atoms with Crippen LogP contribution >= 0.6 is 46.4 Å². The minimum absolute atomic E-state index is 0.0137. The van der Waals surface area contributed by atoms with Gasteiger partial charge in [-0.1, -0.05) is 46.4 Å². The quantitative estimate of drug-likeness (QED) is 0.552. The molecule has 8 heteroatoms. The van der Waals surface area contributed by atoms with Gasteiger partial charge in [0.05, 0.1) is 5.03 Å². The molecule has 1 aliphatic heterocycles. The zero-order valence-corrected chi connectivity index (χ0v) is 10.7. The van der Waals surface area contributed by atoms with Crippen LogP contribution in [0.3, 0.4) is 0 Å². The molecule has 0 saturated heterocycles. The number of alkyl halides is 1. The van der Waals surface area contributed by atoms with Gasteiger partial charge in [0.15, 0.2) is 14.0 Å². The summed E-state index contributed by atoms with van der Waals surface area (Å²) in [6.07, 6.45) is 0.784. The molecule has 0 fully saturated rings. The molecule has 1 rings (SSSR count). The van der Waals surface area contributed by atoms with Crippen molar-refractivity contribution in [2.75, 3.05) is 6.26 Å². The van der Waals surface area contributed by atoms with Gasteiger partial charge in [-0.3, -0.25) is 0 Å². The van der Waals surface area contributed by atoms with E-state index in [0.717, 1.165) is 6.26 Å². The standard InChI is InChI=1S/C6H5Cl4NO2S/c1-14(12,13)6(10)2-3(7)11-5(9)4(6)8/h2H2,1H3. The van der Waals surface area contributed by atoms with Crippen LogP contribution in [-0.4, -0.2) is 24.1 Å². The van der Waals surface area contributed by atoms with Crippen LogP contribution in [0.1, 0.15) is 6.42 Å². The Morgan fingerprint density at radius 3 is 2.29 bits per heavy atom. The summed E-state index contributed by atoms with van der Waals surface area (Å²) < 4.78 is 21.0. The Kier molecular flexibility index (Phi) is 3.44. The summed E-state index contributed by atoms with van der Waals surface area (Å²) in [6, 6.07) is 0. The zero-order valence-electron chi connectivity index (χ0n) is 6.89. The first kappa shape index (κ1) is 12.6. The monoisotopic (exact) mass is 295 g/mol. The lowest BCUT2D eigenvalue weighted by Crippen LogP contribution is -2.36. The van der Waals surface area contributed by atoms with Crippen LogP contribution in [-0.2, 0) is 9.84 Å². The van der Waals surface area contributed by atoms with Gasteiger partial charge in [0.1, 0.15) is 10.3 Å². The van der Waals surface area contributed by atoms with Gasteiger partial charge < -0.3 is 0 Å². The fourth-order valence-electron chi connectivity index (χ4n) is 0.908. The van der Waals surface area contributed by atoms with E-state index in [9.17, 15) is 8.42 Å². The molecular formula is C6H5Cl4NO2S. The second kappa shape index (κ2) is 3.83. The van der Waals surface area contributed by atoms with Crippen molar-refractivity contribution < 1.29 is 8.42 Å². The van der Waals surface area contributed by atoms with E-state index in [2.05, 4.69) is 4.99 Å². The van der Waals surface area contributed by atoms with E-state index in [1.165, 1.54) is 0 Å². The summed E-state index contributed by atoms with van der Waals surface area (Å²) in [5, 5.41) is -0.393. The Morgan fingerprint density at radius 2 is 1.86 bits per heavy atom. The van der Waals surface area contributed by atoms with Gasteiger partial charge in [0, 0.05) is 12.7 Å². The highest BCUT2D eigenvalue weighted by atomic mass is 35.5. The Morgan fingerprint density at radius 1 is 1.36 bits per heavy atom. The summed E-state index contributed by atoms with van der Waals surface area (Å²) in [7, 11) is -3.61. The minimum atomic E-state index is -3.61. The molecule has 0 amide bonds. The number of sulfone groups is 1. The molecule has 14 heavy (non-hydrogen) atoms. The molecule has 3 nitrogen and oxygen atoms in total. The van der Waals surface area contributed by atoms with Crippen molar-refractivity contribution in [1.29, 1.82) is 0 Å². The first-order valence-corrected chi connectivity index (χ1v) is 6.76. The molecule has 0 N–H and O–H groups in total. The van der Waals surface area contributed by atoms with E-state index >= 15 is 0 Å². The van der Waals surface area contributed by atoms with Gasteiger partial charge >= 0.3 is 0 Å². The highest BCUT2D eigenvalue weighted by Crippen LogP contribution is 2.43. The summed E-state index contributed by atoms with van der Waals surface area (Å²) >= 11 is 22.7. The average Bonchev–Trinajstić information content (AvgIpc) is 1.97. The molecule has 0 bridgehead atoms. The number of aliphatic imine (C=N–C) groups is 1. The van der Waals surface area contributed by atoms with Crippen molar-refractivity contribution in [1.82, 2.24) is 0 Å². The lowest BCUT2D eigenvalue weighted by Gasteiger charge is -2.26. The molecule has 0 aromatic carbocycles. The van der Waals surface area contributed by atoms with Crippen molar-refractivity contribution in [3.8, 4) is 0 Å². The normalized spacial score (nSPS) is 29.1.